The summed E-state index contributed by atoms with van der Waals surface area (Å²) in [4.78, 5) is 2.53. The number of benzene rings is 1. The number of ether oxygens (including phenoxy) is 1. The lowest BCUT2D eigenvalue weighted by molar-refractivity contribution is -0.0499. The van der Waals surface area contributed by atoms with Crippen LogP contribution in [0, 0.1) is 6.92 Å². The van der Waals surface area contributed by atoms with Gasteiger partial charge < -0.3 is 10.1 Å². The first-order valence-corrected chi connectivity index (χ1v) is 7.97. The number of rotatable bonds is 3. The van der Waals surface area contributed by atoms with Crippen LogP contribution >= 0.6 is 12.4 Å². The molecular formula is C17H23ClN4O. The maximum absolute atomic E-state index is 5.85. The predicted octanol–water partition coefficient (Wildman–Crippen LogP) is 1.98. The van der Waals surface area contributed by atoms with Crippen LogP contribution in [0.3, 0.4) is 0 Å². The number of aryl methyl sites for hydroxylation is 1. The van der Waals surface area contributed by atoms with Crippen molar-refractivity contribution in [2.45, 2.75) is 25.6 Å². The highest BCUT2D eigenvalue weighted by Gasteiger charge is 2.36. The van der Waals surface area contributed by atoms with E-state index in [0.29, 0.717) is 12.1 Å². The molecule has 0 bridgehead atoms. The van der Waals surface area contributed by atoms with E-state index in [1.54, 1.807) is 0 Å². The van der Waals surface area contributed by atoms with Crippen LogP contribution in [0.15, 0.2) is 30.5 Å². The summed E-state index contributed by atoms with van der Waals surface area (Å²) in [5, 5.41) is 10.9. The lowest BCUT2D eigenvalue weighted by Gasteiger charge is -2.36. The summed E-state index contributed by atoms with van der Waals surface area (Å²) < 4.78 is 5.85. The maximum Gasteiger partial charge on any atom is 0.0867 e. The molecule has 1 aromatic heterocycles. The van der Waals surface area contributed by atoms with Crippen LogP contribution in [-0.2, 0) is 11.3 Å². The summed E-state index contributed by atoms with van der Waals surface area (Å²) in [5.41, 5.74) is 4.88. The summed E-state index contributed by atoms with van der Waals surface area (Å²) in [5.74, 6) is 0. The van der Waals surface area contributed by atoms with E-state index in [1.165, 1.54) is 16.7 Å². The van der Waals surface area contributed by atoms with Gasteiger partial charge in [0.05, 0.1) is 24.6 Å². The first-order chi connectivity index (χ1) is 10.8. The second kappa shape index (κ2) is 7.01. The third-order valence-corrected chi connectivity index (χ3v) is 4.71. The average molecular weight is 335 g/mol. The summed E-state index contributed by atoms with van der Waals surface area (Å²) >= 11 is 0. The molecule has 124 valence electrons. The Morgan fingerprint density at radius 1 is 1.35 bits per heavy atom. The molecule has 2 atom stereocenters. The summed E-state index contributed by atoms with van der Waals surface area (Å²) in [6.45, 7) is 6.84. The van der Waals surface area contributed by atoms with Gasteiger partial charge in [0.2, 0.25) is 0 Å². The van der Waals surface area contributed by atoms with Gasteiger partial charge in [-0.05, 0) is 13.0 Å². The molecule has 2 aromatic rings. The Balaban J connectivity index is 0.00000156. The van der Waals surface area contributed by atoms with Crippen molar-refractivity contribution in [2.75, 3.05) is 26.2 Å². The zero-order valence-electron chi connectivity index (χ0n) is 13.3. The molecule has 0 spiro atoms. The number of halogens is 1. The number of fused-ring (bicyclic) bond motifs is 1. The van der Waals surface area contributed by atoms with Crippen molar-refractivity contribution in [3.8, 4) is 11.3 Å². The van der Waals surface area contributed by atoms with Gasteiger partial charge in [0.1, 0.15) is 0 Å². The van der Waals surface area contributed by atoms with E-state index in [4.69, 9.17) is 4.74 Å². The van der Waals surface area contributed by atoms with Gasteiger partial charge in [-0.15, -0.1) is 12.4 Å². The minimum absolute atomic E-state index is 0. The highest BCUT2D eigenvalue weighted by Crippen LogP contribution is 2.26. The normalized spacial score (nSPS) is 24.2. The van der Waals surface area contributed by atoms with Gasteiger partial charge in [-0.25, -0.2) is 0 Å². The van der Waals surface area contributed by atoms with Crippen molar-refractivity contribution in [1.29, 1.82) is 0 Å². The van der Waals surface area contributed by atoms with Gasteiger partial charge >= 0.3 is 0 Å². The Hall–Kier alpha value is -1.40. The molecular weight excluding hydrogens is 312 g/mol. The first kappa shape index (κ1) is 16.5. The molecule has 6 heteroatoms. The van der Waals surface area contributed by atoms with Gasteiger partial charge in [0.15, 0.2) is 0 Å². The van der Waals surface area contributed by atoms with Crippen LogP contribution in [0.4, 0.5) is 0 Å². The largest absolute Gasteiger partial charge is 0.374 e. The van der Waals surface area contributed by atoms with Crippen LogP contribution < -0.4 is 5.32 Å². The van der Waals surface area contributed by atoms with E-state index in [2.05, 4.69) is 51.6 Å². The van der Waals surface area contributed by atoms with E-state index in [9.17, 15) is 0 Å². The lowest BCUT2D eigenvalue weighted by Crippen LogP contribution is -2.50. The van der Waals surface area contributed by atoms with Crippen LogP contribution in [0.1, 0.15) is 11.1 Å². The van der Waals surface area contributed by atoms with E-state index in [0.717, 1.165) is 38.5 Å². The molecule has 0 amide bonds. The summed E-state index contributed by atoms with van der Waals surface area (Å²) in [6, 6.07) is 9.05. The second-order valence-electron chi connectivity index (χ2n) is 6.25. The molecule has 2 saturated heterocycles. The average Bonchev–Trinajstić information content (AvgIpc) is 3.16. The van der Waals surface area contributed by atoms with Crippen molar-refractivity contribution in [3.63, 3.8) is 0 Å². The van der Waals surface area contributed by atoms with Crippen molar-refractivity contribution < 1.29 is 4.74 Å². The molecule has 3 heterocycles. The minimum atomic E-state index is 0. The van der Waals surface area contributed by atoms with Crippen LogP contribution in [-0.4, -0.2) is 53.5 Å². The van der Waals surface area contributed by atoms with Crippen LogP contribution in [0.2, 0.25) is 0 Å². The predicted molar refractivity (Wildman–Crippen MR) is 92.8 cm³/mol. The molecule has 23 heavy (non-hydrogen) atoms. The molecule has 0 unspecified atom stereocenters. The van der Waals surface area contributed by atoms with Gasteiger partial charge in [0.25, 0.3) is 0 Å². The van der Waals surface area contributed by atoms with Crippen LogP contribution in [0.25, 0.3) is 11.3 Å². The first-order valence-electron chi connectivity index (χ1n) is 7.97. The van der Waals surface area contributed by atoms with Crippen LogP contribution in [0.5, 0.6) is 0 Å². The molecule has 0 aliphatic carbocycles. The SMILES string of the molecule is Cc1cccc(-c2[nH]ncc2CN2CCO[C@H]3CNC[C@H]32)c1.Cl. The van der Waals surface area contributed by atoms with E-state index < -0.39 is 0 Å². The molecule has 2 fully saturated rings. The summed E-state index contributed by atoms with van der Waals surface area (Å²) in [6.07, 6.45) is 2.30. The number of hydrogen-bond donors (Lipinski definition) is 2. The van der Waals surface area contributed by atoms with Gasteiger partial charge in [-0.3, -0.25) is 10.00 Å². The monoisotopic (exact) mass is 334 g/mol. The minimum Gasteiger partial charge on any atom is -0.374 e. The number of aromatic amines is 1. The Bertz CT molecular complexity index is 660. The van der Waals surface area contributed by atoms with Gasteiger partial charge in [-0.1, -0.05) is 23.8 Å². The third-order valence-electron chi connectivity index (χ3n) is 4.71. The van der Waals surface area contributed by atoms with E-state index in [1.807, 2.05) is 6.20 Å². The fourth-order valence-corrected chi connectivity index (χ4v) is 3.56. The molecule has 2 N–H and O–H groups in total. The maximum atomic E-state index is 5.85. The second-order valence-corrected chi connectivity index (χ2v) is 6.25. The number of aromatic nitrogens is 2. The Labute approximate surface area is 142 Å². The van der Waals surface area contributed by atoms with Crippen molar-refractivity contribution in [1.82, 2.24) is 20.4 Å². The molecule has 2 aliphatic heterocycles. The Morgan fingerprint density at radius 2 is 2.26 bits per heavy atom. The number of nitrogens with zero attached hydrogens (tertiary/aromatic N) is 2. The quantitative estimate of drug-likeness (QED) is 0.901. The fourth-order valence-electron chi connectivity index (χ4n) is 3.56. The third kappa shape index (κ3) is 3.28. The number of nitrogens with one attached hydrogen (secondary N) is 2. The molecule has 4 rings (SSSR count). The highest BCUT2D eigenvalue weighted by molar-refractivity contribution is 5.85. The van der Waals surface area contributed by atoms with E-state index in [-0.39, 0.29) is 12.4 Å². The zero-order chi connectivity index (χ0) is 14.9. The summed E-state index contributed by atoms with van der Waals surface area (Å²) in [7, 11) is 0. The Morgan fingerprint density at radius 3 is 3.13 bits per heavy atom. The smallest absolute Gasteiger partial charge is 0.0867 e. The standard InChI is InChI=1S/C17H22N4O.ClH/c1-12-3-2-4-13(7-12)17-14(8-19-20-17)11-21-5-6-22-16-10-18-9-15(16)21;/h2-4,7-8,15-16,18H,5-6,9-11H2,1H3,(H,19,20);1H/t15-,16+;/m1./s1. The Kier molecular flexibility index (Phi) is 5.02. The van der Waals surface area contributed by atoms with Gasteiger partial charge in [-0.2, -0.15) is 5.10 Å². The number of morpholine rings is 1. The fraction of sp³-hybridized carbons (Fsp3) is 0.471. The van der Waals surface area contributed by atoms with Crippen molar-refractivity contribution in [3.05, 3.63) is 41.6 Å². The highest BCUT2D eigenvalue weighted by atomic mass is 35.5. The van der Waals surface area contributed by atoms with Gasteiger partial charge in [0, 0.05) is 43.3 Å². The topological polar surface area (TPSA) is 53.2 Å². The molecule has 2 aliphatic rings. The molecule has 5 nitrogen and oxygen atoms in total. The van der Waals surface area contributed by atoms with E-state index >= 15 is 0 Å². The zero-order valence-corrected chi connectivity index (χ0v) is 14.1. The molecule has 0 saturated carbocycles. The lowest BCUT2D eigenvalue weighted by atomic mass is 10.0. The number of H-pyrrole nitrogens is 1. The van der Waals surface area contributed by atoms with Crippen molar-refractivity contribution >= 4 is 12.4 Å². The molecule has 0 radical (unpaired) electrons. The number of hydrogen-bond acceptors (Lipinski definition) is 4. The van der Waals surface area contributed by atoms with Crippen molar-refractivity contribution in [2.24, 2.45) is 0 Å². The molecule has 1 aromatic carbocycles.